The number of imide groups is 2. The van der Waals surface area contributed by atoms with Crippen LogP contribution in [0.1, 0.15) is 13.8 Å². The van der Waals surface area contributed by atoms with Crippen molar-refractivity contribution in [2.45, 2.75) is 13.8 Å². The summed E-state index contributed by atoms with van der Waals surface area (Å²) in [6, 6.07) is -0.873. The summed E-state index contributed by atoms with van der Waals surface area (Å²) < 4.78 is 4.70. The van der Waals surface area contributed by atoms with E-state index in [1.54, 1.807) is 6.92 Å². The normalized spacial score (nSPS) is 18.8. The van der Waals surface area contributed by atoms with Gasteiger partial charge in [-0.05, 0) is 6.92 Å². The van der Waals surface area contributed by atoms with E-state index in [4.69, 9.17) is 4.74 Å². The molecule has 1 unspecified atom stereocenters. The highest BCUT2D eigenvalue weighted by Gasteiger charge is 2.41. The van der Waals surface area contributed by atoms with Gasteiger partial charge in [0, 0.05) is 0 Å². The van der Waals surface area contributed by atoms with Gasteiger partial charge >= 0.3 is 12.0 Å². The molecule has 0 aromatic heterocycles. The summed E-state index contributed by atoms with van der Waals surface area (Å²) in [5.41, 5.74) is 0. The molecule has 0 bridgehead atoms. The van der Waals surface area contributed by atoms with Crippen LogP contribution >= 0.6 is 0 Å². The van der Waals surface area contributed by atoms with Crippen molar-refractivity contribution < 1.29 is 23.9 Å². The molecule has 88 valence electrons. The number of carbonyl (C=O) groups is 4. The fourth-order valence-electron chi connectivity index (χ4n) is 1.39. The Morgan fingerprint density at radius 2 is 1.81 bits per heavy atom. The Balaban J connectivity index is 2.78. The first-order chi connectivity index (χ1) is 7.47. The van der Waals surface area contributed by atoms with E-state index in [1.165, 1.54) is 6.92 Å². The zero-order chi connectivity index (χ0) is 12.3. The molecule has 1 heterocycles. The molecule has 0 aromatic carbocycles. The molecular formula is C9H12N2O5. The van der Waals surface area contributed by atoms with Gasteiger partial charge in [-0.25, -0.2) is 4.79 Å². The standard InChI is InChI=1S/C9H12N2O5/c1-3-16-8(14)4(2)5-6(12)10-9(15)11-7(5)13/h4-5H,3H2,1-2H3,(H2,10,11,12,13,15). The van der Waals surface area contributed by atoms with Crippen LogP contribution in [-0.4, -0.2) is 30.4 Å². The lowest BCUT2D eigenvalue weighted by atomic mass is 9.91. The van der Waals surface area contributed by atoms with Gasteiger partial charge in [-0.2, -0.15) is 0 Å². The van der Waals surface area contributed by atoms with Gasteiger partial charge in [0.05, 0.1) is 12.5 Å². The van der Waals surface area contributed by atoms with Crippen molar-refractivity contribution in [1.82, 2.24) is 10.6 Å². The van der Waals surface area contributed by atoms with Crippen molar-refractivity contribution >= 4 is 23.8 Å². The number of hydrogen-bond acceptors (Lipinski definition) is 5. The van der Waals surface area contributed by atoms with Gasteiger partial charge in [-0.15, -0.1) is 0 Å². The molecule has 1 rings (SSSR count). The van der Waals surface area contributed by atoms with Crippen LogP contribution in [0.15, 0.2) is 0 Å². The molecule has 4 amide bonds. The molecule has 0 radical (unpaired) electrons. The number of amides is 4. The van der Waals surface area contributed by atoms with Crippen LogP contribution in [0.25, 0.3) is 0 Å². The lowest BCUT2D eigenvalue weighted by Crippen LogP contribution is -2.58. The van der Waals surface area contributed by atoms with Crippen molar-refractivity contribution in [1.29, 1.82) is 0 Å². The number of barbiturate groups is 1. The maximum Gasteiger partial charge on any atom is 0.328 e. The molecule has 2 N–H and O–H groups in total. The van der Waals surface area contributed by atoms with E-state index in [2.05, 4.69) is 0 Å². The molecule has 0 aliphatic carbocycles. The number of hydrogen-bond donors (Lipinski definition) is 2. The van der Waals surface area contributed by atoms with Gasteiger partial charge in [0.15, 0.2) is 0 Å². The van der Waals surface area contributed by atoms with Crippen molar-refractivity contribution in [2.75, 3.05) is 6.61 Å². The van der Waals surface area contributed by atoms with Gasteiger partial charge in [0.1, 0.15) is 5.92 Å². The minimum Gasteiger partial charge on any atom is -0.466 e. The Morgan fingerprint density at radius 1 is 1.31 bits per heavy atom. The quantitative estimate of drug-likeness (QED) is 0.485. The molecule has 16 heavy (non-hydrogen) atoms. The highest BCUT2D eigenvalue weighted by Crippen LogP contribution is 2.16. The summed E-state index contributed by atoms with van der Waals surface area (Å²) in [5, 5.41) is 3.84. The second-order valence-electron chi connectivity index (χ2n) is 3.33. The number of rotatable bonds is 3. The molecule has 1 fully saturated rings. The van der Waals surface area contributed by atoms with E-state index in [0.29, 0.717) is 0 Å². The first kappa shape index (κ1) is 12.2. The Kier molecular flexibility index (Phi) is 3.60. The minimum atomic E-state index is -1.23. The highest BCUT2D eigenvalue weighted by atomic mass is 16.5. The Morgan fingerprint density at radius 3 is 2.25 bits per heavy atom. The number of carbonyl (C=O) groups excluding carboxylic acids is 4. The maximum absolute atomic E-state index is 11.4. The molecule has 1 aliphatic heterocycles. The fraction of sp³-hybridized carbons (Fsp3) is 0.556. The number of nitrogens with one attached hydrogen (secondary N) is 2. The van der Waals surface area contributed by atoms with Crippen LogP contribution in [0.3, 0.4) is 0 Å². The first-order valence-corrected chi connectivity index (χ1v) is 4.79. The Hall–Kier alpha value is -1.92. The topological polar surface area (TPSA) is 102 Å². The van der Waals surface area contributed by atoms with E-state index in [0.717, 1.165) is 0 Å². The Labute approximate surface area is 91.5 Å². The predicted molar refractivity (Wildman–Crippen MR) is 51.0 cm³/mol. The average Bonchev–Trinajstić information content (AvgIpc) is 2.16. The summed E-state index contributed by atoms with van der Waals surface area (Å²) >= 11 is 0. The van der Waals surface area contributed by atoms with Crippen LogP contribution in [-0.2, 0) is 19.1 Å². The van der Waals surface area contributed by atoms with Gasteiger partial charge in [-0.3, -0.25) is 25.0 Å². The molecule has 1 atom stereocenters. The second-order valence-corrected chi connectivity index (χ2v) is 3.33. The summed E-state index contributed by atoms with van der Waals surface area (Å²) in [6.45, 7) is 3.19. The van der Waals surface area contributed by atoms with Crippen LogP contribution < -0.4 is 10.6 Å². The van der Waals surface area contributed by atoms with Gasteiger partial charge in [0.25, 0.3) is 0 Å². The van der Waals surface area contributed by atoms with Crippen molar-refractivity contribution in [3.05, 3.63) is 0 Å². The monoisotopic (exact) mass is 228 g/mol. The predicted octanol–water partition coefficient (Wildman–Crippen LogP) is -0.832. The molecule has 1 aliphatic rings. The molecule has 7 heteroatoms. The van der Waals surface area contributed by atoms with E-state index in [1.807, 2.05) is 10.6 Å². The van der Waals surface area contributed by atoms with Crippen molar-refractivity contribution in [3.63, 3.8) is 0 Å². The molecule has 0 aromatic rings. The Bertz CT molecular complexity index is 332. The molecule has 1 saturated heterocycles. The van der Waals surface area contributed by atoms with Crippen LogP contribution in [0.5, 0.6) is 0 Å². The smallest absolute Gasteiger partial charge is 0.328 e. The number of esters is 1. The summed E-state index contributed by atoms with van der Waals surface area (Å²) in [6.07, 6.45) is 0. The van der Waals surface area contributed by atoms with E-state index < -0.39 is 35.7 Å². The average molecular weight is 228 g/mol. The highest BCUT2D eigenvalue weighted by molar-refractivity contribution is 6.17. The van der Waals surface area contributed by atoms with Crippen molar-refractivity contribution in [2.24, 2.45) is 11.8 Å². The van der Waals surface area contributed by atoms with E-state index >= 15 is 0 Å². The molecule has 0 saturated carbocycles. The summed E-state index contributed by atoms with van der Waals surface area (Å²) in [7, 11) is 0. The zero-order valence-corrected chi connectivity index (χ0v) is 8.90. The second kappa shape index (κ2) is 4.73. The first-order valence-electron chi connectivity index (χ1n) is 4.79. The zero-order valence-electron chi connectivity index (χ0n) is 8.90. The number of urea groups is 1. The molecule has 0 spiro atoms. The summed E-state index contributed by atoms with van der Waals surface area (Å²) in [5.74, 6) is -4.36. The van der Waals surface area contributed by atoms with Crippen LogP contribution in [0, 0.1) is 11.8 Å². The SMILES string of the molecule is CCOC(=O)C(C)C1C(=O)NC(=O)NC1=O. The largest absolute Gasteiger partial charge is 0.466 e. The van der Waals surface area contributed by atoms with Gasteiger partial charge in [-0.1, -0.05) is 6.92 Å². The van der Waals surface area contributed by atoms with Crippen molar-refractivity contribution in [3.8, 4) is 0 Å². The van der Waals surface area contributed by atoms with Gasteiger partial charge < -0.3 is 4.74 Å². The van der Waals surface area contributed by atoms with Gasteiger partial charge in [0.2, 0.25) is 11.8 Å². The number of ether oxygens (including phenoxy) is 1. The minimum absolute atomic E-state index is 0.165. The lowest BCUT2D eigenvalue weighted by molar-refractivity contribution is -0.155. The fourth-order valence-corrected chi connectivity index (χ4v) is 1.39. The van der Waals surface area contributed by atoms with Crippen LogP contribution in [0.4, 0.5) is 4.79 Å². The third-order valence-corrected chi connectivity index (χ3v) is 2.20. The van der Waals surface area contributed by atoms with E-state index in [-0.39, 0.29) is 6.61 Å². The molecular weight excluding hydrogens is 216 g/mol. The van der Waals surface area contributed by atoms with Crippen LogP contribution in [0.2, 0.25) is 0 Å². The third-order valence-electron chi connectivity index (χ3n) is 2.20. The van der Waals surface area contributed by atoms with E-state index in [9.17, 15) is 19.2 Å². The molecule has 7 nitrogen and oxygen atoms in total. The maximum atomic E-state index is 11.4. The third kappa shape index (κ3) is 2.36. The summed E-state index contributed by atoms with van der Waals surface area (Å²) in [4.78, 5) is 44.8. The lowest BCUT2D eigenvalue weighted by Gasteiger charge is -2.24.